The van der Waals surface area contributed by atoms with Crippen LogP contribution in [0.4, 0.5) is 0 Å². The third-order valence-electron chi connectivity index (χ3n) is 2.25. The average Bonchev–Trinajstić information content (AvgIpc) is 2.34. The monoisotopic (exact) mass is 270 g/mol. The van der Waals surface area contributed by atoms with Gasteiger partial charge < -0.3 is 10.6 Å². The van der Waals surface area contributed by atoms with E-state index in [2.05, 4.69) is 9.97 Å². The molecule has 18 heavy (non-hydrogen) atoms. The molecular formula is C11H15ClN4O2. The summed E-state index contributed by atoms with van der Waals surface area (Å²) in [6.45, 7) is 2.33. The van der Waals surface area contributed by atoms with Crippen LogP contribution < -0.4 is 5.73 Å². The summed E-state index contributed by atoms with van der Waals surface area (Å²) in [7, 11) is 0. The molecule has 0 aliphatic heterocycles. The van der Waals surface area contributed by atoms with E-state index >= 15 is 0 Å². The van der Waals surface area contributed by atoms with Crippen molar-refractivity contribution >= 4 is 23.4 Å². The van der Waals surface area contributed by atoms with E-state index in [1.54, 1.807) is 0 Å². The number of aromatic nitrogens is 2. The molecule has 0 saturated carbocycles. The SMILES string of the molecule is CCCCN(CC(N)=O)C(=O)c1cnc(Cl)cn1. The standard InChI is InChI=1S/C11H15ClN4O2/c1-2-3-4-16(7-10(13)17)11(18)8-5-15-9(12)6-14-8/h5-6H,2-4,7H2,1H3,(H2,13,17). The molecule has 98 valence electrons. The van der Waals surface area contributed by atoms with Crippen LogP contribution in [0.15, 0.2) is 12.4 Å². The Morgan fingerprint density at radius 2 is 2.11 bits per heavy atom. The van der Waals surface area contributed by atoms with Crippen molar-refractivity contribution in [3.05, 3.63) is 23.2 Å². The van der Waals surface area contributed by atoms with Crippen LogP contribution in [0.3, 0.4) is 0 Å². The van der Waals surface area contributed by atoms with E-state index in [1.165, 1.54) is 17.3 Å². The van der Waals surface area contributed by atoms with Crippen LogP contribution in [0, 0.1) is 0 Å². The summed E-state index contributed by atoms with van der Waals surface area (Å²) in [4.78, 5) is 32.0. The van der Waals surface area contributed by atoms with E-state index in [9.17, 15) is 9.59 Å². The van der Waals surface area contributed by atoms with Gasteiger partial charge in [0.2, 0.25) is 5.91 Å². The third-order valence-corrected chi connectivity index (χ3v) is 2.45. The molecule has 0 aliphatic rings. The molecule has 2 amide bonds. The lowest BCUT2D eigenvalue weighted by atomic mass is 10.3. The average molecular weight is 271 g/mol. The van der Waals surface area contributed by atoms with Crippen molar-refractivity contribution in [3.8, 4) is 0 Å². The van der Waals surface area contributed by atoms with Crippen LogP contribution in [-0.4, -0.2) is 39.8 Å². The van der Waals surface area contributed by atoms with E-state index in [0.717, 1.165) is 12.8 Å². The summed E-state index contributed by atoms with van der Waals surface area (Å²) < 4.78 is 0. The fourth-order valence-corrected chi connectivity index (χ4v) is 1.47. The second-order valence-corrected chi connectivity index (χ2v) is 4.16. The Bertz CT molecular complexity index is 422. The van der Waals surface area contributed by atoms with Crippen LogP contribution in [-0.2, 0) is 4.79 Å². The van der Waals surface area contributed by atoms with Gasteiger partial charge in [-0.05, 0) is 6.42 Å². The number of unbranched alkanes of at least 4 members (excludes halogenated alkanes) is 1. The molecular weight excluding hydrogens is 256 g/mol. The molecule has 0 atom stereocenters. The maximum Gasteiger partial charge on any atom is 0.274 e. The maximum absolute atomic E-state index is 12.1. The minimum Gasteiger partial charge on any atom is -0.368 e. The first-order valence-electron chi connectivity index (χ1n) is 5.59. The number of halogens is 1. The van der Waals surface area contributed by atoms with Crippen LogP contribution in [0.25, 0.3) is 0 Å². The Hall–Kier alpha value is -1.69. The van der Waals surface area contributed by atoms with Gasteiger partial charge in [0, 0.05) is 6.54 Å². The van der Waals surface area contributed by atoms with Gasteiger partial charge in [0.05, 0.1) is 18.9 Å². The van der Waals surface area contributed by atoms with Crippen molar-refractivity contribution < 1.29 is 9.59 Å². The molecule has 0 bridgehead atoms. The predicted octanol–water partition coefficient (Wildman–Crippen LogP) is 0.858. The number of primary amides is 1. The second-order valence-electron chi connectivity index (χ2n) is 3.77. The van der Waals surface area contributed by atoms with Crippen LogP contribution in [0.2, 0.25) is 5.15 Å². The highest BCUT2D eigenvalue weighted by atomic mass is 35.5. The largest absolute Gasteiger partial charge is 0.368 e. The zero-order chi connectivity index (χ0) is 13.5. The Morgan fingerprint density at radius 3 is 2.61 bits per heavy atom. The van der Waals surface area contributed by atoms with Gasteiger partial charge in [0.15, 0.2) is 0 Å². The van der Waals surface area contributed by atoms with Crippen molar-refractivity contribution in [2.75, 3.05) is 13.1 Å². The number of carbonyl (C=O) groups excluding carboxylic acids is 2. The summed E-state index contributed by atoms with van der Waals surface area (Å²) >= 11 is 5.59. The summed E-state index contributed by atoms with van der Waals surface area (Å²) in [5.41, 5.74) is 5.26. The van der Waals surface area contributed by atoms with Gasteiger partial charge in [0.25, 0.3) is 5.91 Å². The third kappa shape index (κ3) is 4.29. The Balaban J connectivity index is 2.80. The van der Waals surface area contributed by atoms with E-state index in [4.69, 9.17) is 17.3 Å². The molecule has 1 heterocycles. The molecule has 0 radical (unpaired) electrons. The van der Waals surface area contributed by atoms with Gasteiger partial charge in [-0.2, -0.15) is 0 Å². The van der Waals surface area contributed by atoms with E-state index in [0.29, 0.717) is 6.54 Å². The van der Waals surface area contributed by atoms with E-state index < -0.39 is 5.91 Å². The number of carbonyl (C=O) groups is 2. The summed E-state index contributed by atoms with van der Waals surface area (Å²) in [5, 5.41) is 0.210. The topological polar surface area (TPSA) is 89.2 Å². The zero-order valence-electron chi connectivity index (χ0n) is 10.1. The van der Waals surface area contributed by atoms with Crippen molar-refractivity contribution in [1.29, 1.82) is 0 Å². The van der Waals surface area contributed by atoms with Gasteiger partial charge in [0.1, 0.15) is 10.8 Å². The first-order valence-corrected chi connectivity index (χ1v) is 5.97. The fraction of sp³-hybridized carbons (Fsp3) is 0.455. The fourth-order valence-electron chi connectivity index (χ4n) is 1.37. The number of rotatable bonds is 6. The minimum atomic E-state index is -0.554. The zero-order valence-corrected chi connectivity index (χ0v) is 10.9. The quantitative estimate of drug-likeness (QED) is 0.830. The molecule has 0 aliphatic carbocycles. The van der Waals surface area contributed by atoms with Crippen LogP contribution in [0.1, 0.15) is 30.3 Å². The Labute approximate surface area is 110 Å². The lowest BCUT2D eigenvalue weighted by molar-refractivity contribution is -0.118. The second kappa shape index (κ2) is 6.90. The molecule has 1 rings (SSSR count). The Morgan fingerprint density at radius 1 is 1.39 bits per heavy atom. The molecule has 7 heteroatoms. The lowest BCUT2D eigenvalue weighted by Crippen LogP contribution is -2.39. The molecule has 0 unspecified atom stereocenters. The predicted molar refractivity (Wildman–Crippen MR) is 67.0 cm³/mol. The number of nitrogens with zero attached hydrogens (tertiary/aromatic N) is 3. The molecule has 0 saturated heterocycles. The first kappa shape index (κ1) is 14.4. The highest BCUT2D eigenvalue weighted by Crippen LogP contribution is 2.06. The number of hydrogen-bond acceptors (Lipinski definition) is 4. The van der Waals surface area contributed by atoms with Crippen molar-refractivity contribution in [2.24, 2.45) is 5.73 Å². The lowest BCUT2D eigenvalue weighted by Gasteiger charge is -2.20. The van der Waals surface area contributed by atoms with Gasteiger partial charge in [-0.25, -0.2) is 9.97 Å². The van der Waals surface area contributed by atoms with Gasteiger partial charge in [-0.1, -0.05) is 24.9 Å². The van der Waals surface area contributed by atoms with Crippen molar-refractivity contribution in [2.45, 2.75) is 19.8 Å². The first-order chi connectivity index (χ1) is 8.54. The normalized spacial score (nSPS) is 10.1. The number of nitrogens with two attached hydrogens (primary N) is 1. The van der Waals surface area contributed by atoms with Crippen molar-refractivity contribution in [1.82, 2.24) is 14.9 Å². The molecule has 0 spiro atoms. The summed E-state index contributed by atoms with van der Waals surface area (Å²) in [5.74, 6) is -0.923. The van der Waals surface area contributed by atoms with Gasteiger partial charge >= 0.3 is 0 Å². The molecule has 6 nitrogen and oxygen atoms in total. The highest BCUT2D eigenvalue weighted by Gasteiger charge is 2.18. The molecule has 0 aromatic carbocycles. The molecule has 1 aromatic heterocycles. The maximum atomic E-state index is 12.1. The summed E-state index contributed by atoms with van der Waals surface area (Å²) in [6, 6.07) is 0. The van der Waals surface area contributed by atoms with Crippen LogP contribution in [0.5, 0.6) is 0 Å². The van der Waals surface area contributed by atoms with Crippen LogP contribution >= 0.6 is 11.6 Å². The number of hydrogen-bond donors (Lipinski definition) is 1. The van der Waals surface area contributed by atoms with Gasteiger partial charge in [-0.3, -0.25) is 9.59 Å². The summed E-state index contributed by atoms with van der Waals surface area (Å²) in [6.07, 6.45) is 4.27. The highest BCUT2D eigenvalue weighted by molar-refractivity contribution is 6.29. The molecule has 2 N–H and O–H groups in total. The smallest absolute Gasteiger partial charge is 0.274 e. The van der Waals surface area contributed by atoms with E-state index in [1.807, 2.05) is 6.92 Å². The number of amides is 2. The van der Waals surface area contributed by atoms with Gasteiger partial charge in [-0.15, -0.1) is 0 Å². The minimum absolute atomic E-state index is 0.122. The molecule has 0 fully saturated rings. The van der Waals surface area contributed by atoms with Crippen molar-refractivity contribution in [3.63, 3.8) is 0 Å². The Kier molecular flexibility index (Phi) is 5.51. The molecule has 1 aromatic rings. The van der Waals surface area contributed by atoms with E-state index in [-0.39, 0.29) is 23.3 Å².